The summed E-state index contributed by atoms with van der Waals surface area (Å²) in [7, 11) is 1.30. The summed E-state index contributed by atoms with van der Waals surface area (Å²) in [6.07, 6.45) is -1.60. The molecule has 0 aliphatic rings. The van der Waals surface area contributed by atoms with Gasteiger partial charge in [0.1, 0.15) is 0 Å². The van der Waals surface area contributed by atoms with Crippen LogP contribution in [-0.4, -0.2) is 18.6 Å². The molecule has 0 fully saturated rings. The van der Waals surface area contributed by atoms with E-state index >= 15 is 0 Å². The molecule has 4 nitrogen and oxygen atoms in total. The molecule has 0 aromatic heterocycles. The Kier molecular flexibility index (Phi) is 2.92. The third-order valence-electron chi connectivity index (χ3n) is 1.46. The molecular formula is C7H7ClO4S. The van der Waals surface area contributed by atoms with E-state index in [1.807, 2.05) is 0 Å². The fraction of sp³-hybridized carbons (Fsp3) is 0.143. The number of aliphatic hydroxyl groups is 2. The van der Waals surface area contributed by atoms with Crippen molar-refractivity contribution in [3.63, 3.8) is 0 Å². The molecule has 0 saturated carbocycles. The van der Waals surface area contributed by atoms with Crippen LogP contribution in [0.4, 0.5) is 0 Å². The number of hydrogen-bond donors (Lipinski definition) is 2. The fourth-order valence-corrected chi connectivity index (χ4v) is 1.57. The Bertz CT molecular complexity index is 381. The quantitative estimate of drug-likeness (QED) is 0.568. The predicted octanol–water partition coefficient (Wildman–Crippen LogP) is 0.597. The summed E-state index contributed by atoms with van der Waals surface area (Å²) < 4.78 is 21.5. The predicted molar refractivity (Wildman–Crippen MR) is 46.7 cm³/mol. The normalized spacial score (nSPS) is 12.0. The van der Waals surface area contributed by atoms with Gasteiger partial charge in [-0.1, -0.05) is 12.1 Å². The van der Waals surface area contributed by atoms with Gasteiger partial charge >= 0.3 is 0 Å². The van der Waals surface area contributed by atoms with Crippen LogP contribution in [-0.2, 0) is 9.05 Å². The van der Waals surface area contributed by atoms with Gasteiger partial charge in [0, 0.05) is 16.2 Å². The topological polar surface area (TPSA) is 74.6 Å². The van der Waals surface area contributed by atoms with E-state index in [0.29, 0.717) is 0 Å². The van der Waals surface area contributed by atoms with Crippen molar-refractivity contribution < 1.29 is 18.6 Å². The molecule has 0 amide bonds. The van der Waals surface area contributed by atoms with Gasteiger partial charge in [-0.2, -0.15) is 0 Å². The highest BCUT2D eigenvalue weighted by atomic mass is 35.7. The summed E-state index contributed by atoms with van der Waals surface area (Å²) >= 11 is 0. The molecule has 13 heavy (non-hydrogen) atoms. The lowest BCUT2D eigenvalue weighted by molar-refractivity contribution is -0.0425. The fourth-order valence-electron chi connectivity index (χ4n) is 0.803. The van der Waals surface area contributed by atoms with Gasteiger partial charge in [-0.15, -0.1) is 0 Å². The lowest BCUT2D eigenvalue weighted by Crippen LogP contribution is -1.96. The first-order valence-corrected chi connectivity index (χ1v) is 5.63. The number of hydrogen-bond acceptors (Lipinski definition) is 4. The molecule has 0 heterocycles. The third kappa shape index (κ3) is 2.67. The second-order valence-electron chi connectivity index (χ2n) is 2.38. The van der Waals surface area contributed by atoms with E-state index in [4.69, 9.17) is 20.9 Å². The SMILES string of the molecule is O=S(=O)(Cl)c1ccc(C(O)O)cc1. The number of halogens is 1. The highest BCUT2D eigenvalue weighted by molar-refractivity contribution is 8.13. The Morgan fingerprint density at radius 3 is 1.92 bits per heavy atom. The van der Waals surface area contributed by atoms with E-state index < -0.39 is 15.3 Å². The average molecular weight is 223 g/mol. The van der Waals surface area contributed by atoms with Crippen LogP contribution in [0.15, 0.2) is 29.2 Å². The van der Waals surface area contributed by atoms with Gasteiger partial charge < -0.3 is 10.2 Å². The minimum absolute atomic E-state index is 0.0708. The Labute approximate surface area is 79.8 Å². The lowest BCUT2D eigenvalue weighted by atomic mass is 10.2. The summed E-state index contributed by atoms with van der Waals surface area (Å²) in [4.78, 5) is -0.0708. The van der Waals surface area contributed by atoms with Gasteiger partial charge in [0.05, 0.1) is 4.90 Å². The van der Waals surface area contributed by atoms with Crippen LogP contribution in [0.2, 0.25) is 0 Å². The zero-order valence-electron chi connectivity index (χ0n) is 6.38. The molecule has 0 bridgehead atoms. The molecule has 0 radical (unpaired) electrons. The van der Waals surface area contributed by atoms with Gasteiger partial charge in [0.25, 0.3) is 9.05 Å². The van der Waals surface area contributed by atoms with Gasteiger partial charge in [0.15, 0.2) is 6.29 Å². The van der Waals surface area contributed by atoms with Crippen LogP contribution >= 0.6 is 10.7 Å². The van der Waals surface area contributed by atoms with Crippen LogP contribution in [0.1, 0.15) is 11.9 Å². The maximum absolute atomic E-state index is 10.8. The largest absolute Gasteiger partial charge is 0.364 e. The average Bonchev–Trinajstić information content (AvgIpc) is 2.03. The molecule has 0 spiro atoms. The van der Waals surface area contributed by atoms with E-state index in [2.05, 4.69) is 0 Å². The van der Waals surface area contributed by atoms with E-state index in [-0.39, 0.29) is 10.5 Å². The van der Waals surface area contributed by atoms with Crippen LogP contribution in [0.25, 0.3) is 0 Å². The van der Waals surface area contributed by atoms with E-state index in [1.165, 1.54) is 24.3 Å². The molecule has 2 N–H and O–H groups in total. The molecule has 1 aromatic rings. The first kappa shape index (κ1) is 10.5. The molecule has 72 valence electrons. The van der Waals surface area contributed by atoms with Crippen LogP contribution in [0, 0.1) is 0 Å². The number of benzene rings is 1. The molecule has 1 rings (SSSR count). The number of rotatable bonds is 2. The van der Waals surface area contributed by atoms with Crippen molar-refractivity contribution >= 4 is 19.7 Å². The Morgan fingerprint density at radius 2 is 1.62 bits per heavy atom. The highest BCUT2D eigenvalue weighted by Gasteiger charge is 2.10. The summed E-state index contributed by atoms with van der Waals surface area (Å²) in [5, 5.41) is 17.4. The molecule has 6 heteroatoms. The highest BCUT2D eigenvalue weighted by Crippen LogP contribution is 2.17. The van der Waals surface area contributed by atoms with Crippen LogP contribution in [0.3, 0.4) is 0 Å². The minimum Gasteiger partial charge on any atom is -0.364 e. The molecule has 0 unspecified atom stereocenters. The maximum Gasteiger partial charge on any atom is 0.261 e. The first-order chi connectivity index (χ1) is 5.91. The van der Waals surface area contributed by atoms with Crippen molar-refractivity contribution in [1.82, 2.24) is 0 Å². The number of aliphatic hydroxyl groups excluding tert-OH is 1. The Hall–Kier alpha value is -0.620. The molecule has 0 aliphatic heterocycles. The second-order valence-corrected chi connectivity index (χ2v) is 4.95. The molecule has 0 aliphatic carbocycles. The van der Waals surface area contributed by atoms with Crippen molar-refractivity contribution in [2.45, 2.75) is 11.2 Å². The molecule has 1 aromatic carbocycles. The summed E-state index contributed by atoms with van der Waals surface area (Å²) in [5.74, 6) is 0. The zero-order chi connectivity index (χ0) is 10.1. The van der Waals surface area contributed by atoms with Gasteiger partial charge in [-0.25, -0.2) is 8.42 Å². The van der Waals surface area contributed by atoms with Crippen molar-refractivity contribution in [2.75, 3.05) is 0 Å². The van der Waals surface area contributed by atoms with Gasteiger partial charge in [-0.3, -0.25) is 0 Å². The minimum atomic E-state index is -3.74. The van der Waals surface area contributed by atoms with Crippen molar-refractivity contribution in [1.29, 1.82) is 0 Å². The summed E-state index contributed by atoms with van der Waals surface area (Å²) in [6, 6.07) is 4.97. The van der Waals surface area contributed by atoms with Crippen LogP contribution in [0.5, 0.6) is 0 Å². The van der Waals surface area contributed by atoms with Crippen molar-refractivity contribution in [3.8, 4) is 0 Å². The maximum atomic E-state index is 10.8. The second kappa shape index (κ2) is 3.63. The van der Waals surface area contributed by atoms with Gasteiger partial charge in [0.2, 0.25) is 0 Å². The zero-order valence-corrected chi connectivity index (χ0v) is 7.96. The molecule has 0 saturated heterocycles. The van der Waals surface area contributed by atoms with Gasteiger partial charge in [-0.05, 0) is 12.1 Å². The van der Waals surface area contributed by atoms with E-state index in [1.54, 1.807) is 0 Å². The molecular weight excluding hydrogens is 216 g/mol. The van der Waals surface area contributed by atoms with E-state index in [0.717, 1.165) is 0 Å². The molecule has 0 atom stereocenters. The summed E-state index contributed by atoms with van der Waals surface area (Å²) in [6.45, 7) is 0. The first-order valence-electron chi connectivity index (χ1n) is 3.32. The van der Waals surface area contributed by atoms with Crippen LogP contribution < -0.4 is 0 Å². The lowest BCUT2D eigenvalue weighted by Gasteiger charge is -2.03. The Morgan fingerprint density at radius 1 is 1.15 bits per heavy atom. The third-order valence-corrected chi connectivity index (χ3v) is 2.83. The smallest absolute Gasteiger partial charge is 0.261 e. The van der Waals surface area contributed by atoms with E-state index in [9.17, 15) is 8.42 Å². The van der Waals surface area contributed by atoms with Crippen molar-refractivity contribution in [3.05, 3.63) is 29.8 Å². The Balaban J connectivity index is 3.08. The summed E-state index contributed by atoms with van der Waals surface area (Å²) in [5.41, 5.74) is 0.212. The monoisotopic (exact) mass is 222 g/mol. The standard InChI is InChI=1S/C7H7ClO4S/c8-13(11,12)6-3-1-5(2-4-6)7(9)10/h1-4,7,9-10H. The van der Waals surface area contributed by atoms with Crippen molar-refractivity contribution in [2.24, 2.45) is 0 Å².